The van der Waals surface area contributed by atoms with Gasteiger partial charge in [0.15, 0.2) is 21.2 Å². The number of anilines is 1. The van der Waals surface area contributed by atoms with E-state index in [1.54, 1.807) is 0 Å². The molecule has 0 aliphatic heterocycles. The van der Waals surface area contributed by atoms with Crippen LogP contribution in [0.5, 0.6) is 5.75 Å². The van der Waals surface area contributed by atoms with Crippen LogP contribution in [0.1, 0.15) is 16.1 Å². The first-order valence-corrected chi connectivity index (χ1v) is 11.9. The molecule has 0 saturated heterocycles. The van der Waals surface area contributed by atoms with Gasteiger partial charge >= 0.3 is 12.5 Å². The molecule has 4 aromatic rings. The van der Waals surface area contributed by atoms with Crippen LogP contribution >= 0.6 is 0 Å². The second kappa shape index (κ2) is 9.06. The molecule has 2 heterocycles. The highest BCUT2D eigenvalue weighted by Crippen LogP contribution is 2.34. The minimum Gasteiger partial charge on any atom is -0.406 e. The molecule has 0 aliphatic carbocycles. The van der Waals surface area contributed by atoms with Crippen LogP contribution in [0.25, 0.3) is 16.9 Å². The number of hydrogen-bond donors (Lipinski definition) is 1. The first-order chi connectivity index (χ1) is 17.1. The number of aromatic nitrogens is 3. The molecular formula is C22H14F6N4O4S. The Labute approximate surface area is 204 Å². The number of hydrogen-bond acceptors (Lipinski definition) is 6. The van der Waals surface area contributed by atoms with Gasteiger partial charge in [-0.3, -0.25) is 4.79 Å². The normalized spacial score (nSPS) is 12.5. The summed E-state index contributed by atoms with van der Waals surface area (Å²) in [6.45, 7) is 0. The number of rotatable bonds is 5. The summed E-state index contributed by atoms with van der Waals surface area (Å²) in [7, 11) is -3.60. The molecule has 2 aromatic heterocycles. The van der Waals surface area contributed by atoms with E-state index in [0.29, 0.717) is 10.6 Å². The van der Waals surface area contributed by atoms with Gasteiger partial charge in [-0.25, -0.2) is 17.9 Å². The molecular weight excluding hydrogens is 530 g/mol. The highest BCUT2D eigenvalue weighted by atomic mass is 32.2. The minimum absolute atomic E-state index is 0.0101. The van der Waals surface area contributed by atoms with Crippen molar-refractivity contribution in [2.45, 2.75) is 17.4 Å². The molecule has 0 bridgehead atoms. The van der Waals surface area contributed by atoms with Crippen molar-refractivity contribution in [3.8, 4) is 17.0 Å². The average Bonchev–Trinajstić information content (AvgIpc) is 3.21. The summed E-state index contributed by atoms with van der Waals surface area (Å²) in [6.07, 6.45) is -8.07. The van der Waals surface area contributed by atoms with Gasteiger partial charge in [-0.15, -0.1) is 13.2 Å². The van der Waals surface area contributed by atoms with Crippen LogP contribution in [-0.4, -0.2) is 41.5 Å². The number of ether oxygens (including phenoxy) is 1. The molecule has 0 spiro atoms. The van der Waals surface area contributed by atoms with Crippen molar-refractivity contribution in [3.63, 3.8) is 0 Å². The highest BCUT2D eigenvalue weighted by Gasteiger charge is 2.36. The van der Waals surface area contributed by atoms with Crippen molar-refractivity contribution >= 4 is 27.1 Å². The number of sulfone groups is 1. The van der Waals surface area contributed by atoms with E-state index in [1.165, 1.54) is 24.3 Å². The van der Waals surface area contributed by atoms with Crippen LogP contribution in [0.3, 0.4) is 0 Å². The van der Waals surface area contributed by atoms with Gasteiger partial charge in [0.25, 0.3) is 5.91 Å². The lowest BCUT2D eigenvalue weighted by Gasteiger charge is -2.12. The summed E-state index contributed by atoms with van der Waals surface area (Å²) in [5.74, 6) is -1.51. The van der Waals surface area contributed by atoms with E-state index in [1.807, 2.05) is 0 Å². The fraction of sp³-hybridized carbons (Fsp3) is 0.136. The highest BCUT2D eigenvalue weighted by molar-refractivity contribution is 7.90. The zero-order valence-corrected chi connectivity index (χ0v) is 19.2. The van der Waals surface area contributed by atoms with E-state index in [-0.39, 0.29) is 27.4 Å². The summed E-state index contributed by atoms with van der Waals surface area (Å²) in [6, 6.07) is 9.81. The largest absolute Gasteiger partial charge is 0.573 e. The van der Waals surface area contributed by atoms with E-state index in [9.17, 15) is 39.6 Å². The third-order valence-electron chi connectivity index (χ3n) is 4.91. The predicted molar refractivity (Wildman–Crippen MR) is 118 cm³/mol. The molecule has 37 heavy (non-hydrogen) atoms. The van der Waals surface area contributed by atoms with Crippen LogP contribution in [-0.2, 0) is 16.0 Å². The van der Waals surface area contributed by atoms with Gasteiger partial charge in [0, 0.05) is 17.5 Å². The molecule has 8 nitrogen and oxygen atoms in total. The SMILES string of the molecule is CS(=O)(=O)c1cccc(NC(=O)c2cnn3c(C(F)(F)F)cc(-c4ccc(OC(F)(F)F)cc4)nc23)c1. The number of alkyl halides is 6. The number of halogens is 6. The van der Waals surface area contributed by atoms with Crippen LogP contribution in [0.2, 0.25) is 0 Å². The topological polar surface area (TPSA) is 103 Å². The minimum atomic E-state index is -4.96. The lowest BCUT2D eigenvalue weighted by molar-refractivity contribution is -0.274. The number of carbonyl (C=O) groups excluding carboxylic acids is 1. The van der Waals surface area contributed by atoms with E-state index in [0.717, 1.165) is 36.7 Å². The Morgan fingerprint density at radius 2 is 1.68 bits per heavy atom. The predicted octanol–water partition coefficient (Wildman–Crippen LogP) is 4.97. The lowest BCUT2D eigenvalue weighted by Crippen LogP contribution is -2.17. The second-order valence-electron chi connectivity index (χ2n) is 7.64. The van der Waals surface area contributed by atoms with E-state index in [4.69, 9.17) is 0 Å². The summed E-state index contributed by atoms with van der Waals surface area (Å²) in [4.78, 5) is 16.9. The van der Waals surface area contributed by atoms with Crippen molar-refractivity contribution < 1.29 is 44.3 Å². The molecule has 194 valence electrons. The summed E-state index contributed by atoms with van der Waals surface area (Å²) in [5, 5.41) is 6.02. The fourth-order valence-electron chi connectivity index (χ4n) is 3.30. The first kappa shape index (κ1) is 25.9. The number of carbonyl (C=O) groups is 1. The van der Waals surface area contributed by atoms with Crippen LogP contribution in [0.15, 0.2) is 65.7 Å². The summed E-state index contributed by atoms with van der Waals surface area (Å²) < 4.78 is 106. The lowest BCUT2D eigenvalue weighted by atomic mass is 10.1. The third kappa shape index (κ3) is 5.82. The molecule has 0 saturated carbocycles. The number of amides is 1. The molecule has 0 fully saturated rings. The third-order valence-corrected chi connectivity index (χ3v) is 6.02. The van der Waals surface area contributed by atoms with Gasteiger partial charge in [0.05, 0.1) is 16.8 Å². The maximum absolute atomic E-state index is 13.8. The molecule has 15 heteroatoms. The van der Waals surface area contributed by atoms with Crippen LogP contribution in [0.4, 0.5) is 32.0 Å². The molecule has 0 atom stereocenters. The smallest absolute Gasteiger partial charge is 0.406 e. The van der Waals surface area contributed by atoms with E-state index in [2.05, 4.69) is 20.1 Å². The van der Waals surface area contributed by atoms with Crippen LogP contribution < -0.4 is 10.1 Å². The Bertz CT molecular complexity index is 1600. The average molecular weight is 544 g/mol. The Balaban J connectivity index is 1.76. The van der Waals surface area contributed by atoms with Crippen LogP contribution in [0, 0.1) is 0 Å². The van der Waals surface area contributed by atoms with Gasteiger partial charge in [0.1, 0.15) is 11.3 Å². The molecule has 0 aliphatic rings. The standard InChI is InChI=1S/C22H14F6N4O4S/c1-37(34,35)15-4-2-3-13(9-15)30-20(33)16-11-29-32-18(21(23,24)25)10-17(31-19(16)32)12-5-7-14(8-6-12)36-22(26,27)28/h2-11H,1H3,(H,30,33). The van der Waals surface area contributed by atoms with Gasteiger partial charge in [-0.2, -0.15) is 18.3 Å². The first-order valence-electron chi connectivity index (χ1n) is 10.1. The van der Waals surface area contributed by atoms with Gasteiger partial charge in [-0.1, -0.05) is 6.07 Å². The van der Waals surface area contributed by atoms with E-state index < -0.39 is 45.4 Å². The monoisotopic (exact) mass is 544 g/mol. The number of benzene rings is 2. The Kier molecular flexibility index (Phi) is 6.35. The van der Waals surface area contributed by atoms with Gasteiger partial charge in [-0.05, 0) is 48.5 Å². The summed E-state index contributed by atoms with van der Waals surface area (Å²) >= 11 is 0. The Morgan fingerprint density at radius 3 is 2.27 bits per heavy atom. The maximum Gasteiger partial charge on any atom is 0.573 e. The molecule has 0 unspecified atom stereocenters. The zero-order valence-electron chi connectivity index (χ0n) is 18.4. The van der Waals surface area contributed by atoms with Crippen molar-refractivity contribution in [2.24, 2.45) is 0 Å². The van der Waals surface area contributed by atoms with Gasteiger partial charge < -0.3 is 10.1 Å². The van der Waals surface area contributed by atoms with Crippen molar-refractivity contribution in [1.82, 2.24) is 14.6 Å². The molecule has 0 radical (unpaired) electrons. The van der Waals surface area contributed by atoms with Crippen molar-refractivity contribution in [3.05, 3.63) is 72.1 Å². The molecule has 4 rings (SSSR count). The maximum atomic E-state index is 13.8. The van der Waals surface area contributed by atoms with E-state index >= 15 is 0 Å². The Morgan fingerprint density at radius 1 is 1.00 bits per heavy atom. The van der Waals surface area contributed by atoms with Crippen molar-refractivity contribution in [2.75, 3.05) is 11.6 Å². The number of nitrogens with zero attached hydrogens (tertiary/aromatic N) is 3. The zero-order chi connectivity index (χ0) is 27.2. The summed E-state index contributed by atoms with van der Waals surface area (Å²) in [5.41, 5.74) is -2.38. The Hall–Kier alpha value is -4.14. The fourth-order valence-corrected chi connectivity index (χ4v) is 3.97. The molecule has 2 aromatic carbocycles. The molecule has 1 amide bonds. The number of nitrogens with one attached hydrogen (secondary N) is 1. The van der Waals surface area contributed by atoms with Gasteiger partial charge in [0.2, 0.25) is 0 Å². The number of fused-ring (bicyclic) bond motifs is 1. The quantitative estimate of drug-likeness (QED) is 0.356. The second-order valence-corrected chi connectivity index (χ2v) is 9.66. The van der Waals surface area contributed by atoms with Crippen molar-refractivity contribution in [1.29, 1.82) is 0 Å². The molecule has 1 N–H and O–H groups in total.